The van der Waals surface area contributed by atoms with E-state index in [1.165, 1.54) is 17.0 Å². The van der Waals surface area contributed by atoms with Crippen molar-refractivity contribution in [2.24, 2.45) is 16.9 Å². The summed E-state index contributed by atoms with van der Waals surface area (Å²) in [4.78, 5) is 38.9. The van der Waals surface area contributed by atoms with Gasteiger partial charge in [0.25, 0.3) is 5.91 Å². The molecule has 1 aliphatic heterocycles. The number of nitrogens with one attached hydrogen (secondary N) is 1. The number of imide groups is 1. The highest BCUT2D eigenvalue weighted by Crippen LogP contribution is 2.40. The van der Waals surface area contributed by atoms with Gasteiger partial charge in [0, 0.05) is 0 Å². The number of carbonyl (C=O) groups excluding carboxylic acids is 3. The summed E-state index contributed by atoms with van der Waals surface area (Å²) in [7, 11) is 0. The molecule has 7 heteroatoms. The zero-order valence-electron chi connectivity index (χ0n) is 16.7. The molecular formula is C23H23N3O4. The van der Waals surface area contributed by atoms with Crippen molar-refractivity contribution in [1.29, 1.82) is 0 Å². The molecule has 0 aromatic heterocycles. The Kier molecular flexibility index (Phi) is 5.35. The summed E-state index contributed by atoms with van der Waals surface area (Å²) in [5.74, 6) is -1.19. The fourth-order valence-corrected chi connectivity index (χ4v) is 4.19. The molecule has 2 aliphatic rings. The van der Waals surface area contributed by atoms with Crippen LogP contribution in [0.1, 0.15) is 48.5 Å². The smallest absolute Gasteiger partial charge is 0.275 e. The lowest BCUT2D eigenvalue weighted by molar-refractivity contribution is -0.122. The predicted octanol–water partition coefficient (Wildman–Crippen LogP) is 3.23. The first-order valence-corrected chi connectivity index (χ1v) is 10.1. The molecule has 1 saturated carbocycles. The zero-order valence-corrected chi connectivity index (χ0v) is 16.7. The van der Waals surface area contributed by atoms with Crippen molar-refractivity contribution in [3.8, 4) is 5.75 Å². The van der Waals surface area contributed by atoms with Crippen molar-refractivity contribution < 1.29 is 19.5 Å². The van der Waals surface area contributed by atoms with Crippen molar-refractivity contribution in [2.45, 2.75) is 32.6 Å². The van der Waals surface area contributed by atoms with Gasteiger partial charge in [0.05, 0.1) is 28.8 Å². The molecule has 2 atom stereocenters. The summed E-state index contributed by atoms with van der Waals surface area (Å²) in [6.45, 7) is 1.74. The third kappa shape index (κ3) is 3.58. The fraction of sp³-hybridized carbons (Fsp3) is 0.304. The highest BCUT2D eigenvalue weighted by molar-refractivity contribution is 6.22. The van der Waals surface area contributed by atoms with Crippen LogP contribution in [0.5, 0.6) is 5.75 Å². The second-order valence-electron chi connectivity index (χ2n) is 7.71. The number of amides is 3. The van der Waals surface area contributed by atoms with E-state index in [0.29, 0.717) is 11.4 Å². The molecule has 2 aromatic carbocycles. The van der Waals surface area contributed by atoms with Crippen LogP contribution in [0.3, 0.4) is 0 Å². The average molecular weight is 405 g/mol. The number of anilines is 1. The average Bonchev–Trinajstić information content (AvgIpc) is 3.02. The number of hydrogen-bond donors (Lipinski definition) is 2. The van der Waals surface area contributed by atoms with E-state index in [-0.39, 0.29) is 35.0 Å². The van der Waals surface area contributed by atoms with Crippen LogP contribution in [0.2, 0.25) is 0 Å². The van der Waals surface area contributed by atoms with Gasteiger partial charge in [-0.25, -0.2) is 5.43 Å². The molecule has 3 amide bonds. The quantitative estimate of drug-likeness (QED) is 0.463. The molecule has 2 fully saturated rings. The first-order valence-electron chi connectivity index (χ1n) is 10.1. The summed E-state index contributed by atoms with van der Waals surface area (Å²) < 4.78 is 0. The first-order chi connectivity index (χ1) is 14.5. The number of benzene rings is 2. The van der Waals surface area contributed by atoms with E-state index in [0.717, 1.165) is 31.2 Å². The largest absolute Gasteiger partial charge is 0.507 e. The molecule has 4 rings (SSSR count). The van der Waals surface area contributed by atoms with E-state index in [9.17, 15) is 19.5 Å². The Morgan fingerprint density at radius 2 is 1.60 bits per heavy atom. The molecule has 30 heavy (non-hydrogen) atoms. The van der Waals surface area contributed by atoms with Crippen molar-refractivity contribution >= 4 is 29.1 Å². The van der Waals surface area contributed by atoms with E-state index in [1.54, 1.807) is 43.3 Å². The van der Waals surface area contributed by atoms with Gasteiger partial charge in [-0.1, -0.05) is 37.1 Å². The minimum Gasteiger partial charge on any atom is -0.507 e. The van der Waals surface area contributed by atoms with Crippen LogP contribution in [-0.4, -0.2) is 28.5 Å². The number of rotatable bonds is 4. The van der Waals surface area contributed by atoms with E-state index in [1.807, 2.05) is 0 Å². The summed E-state index contributed by atoms with van der Waals surface area (Å²) >= 11 is 0. The van der Waals surface area contributed by atoms with Gasteiger partial charge in [0.15, 0.2) is 0 Å². The number of phenolic OH excluding ortho intramolecular Hbond substituents is 1. The second-order valence-corrected chi connectivity index (χ2v) is 7.71. The Hall–Kier alpha value is -3.48. The summed E-state index contributed by atoms with van der Waals surface area (Å²) in [6.07, 6.45) is 3.56. The molecular weight excluding hydrogens is 382 g/mol. The van der Waals surface area contributed by atoms with Gasteiger partial charge in [-0.2, -0.15) is 5.10 Å². The van der Waals surface area contributed by atoms with Gasteiger partial charge in [-0.05, 0) is 49.6 Å². The van der Waals surface area contributed by atoms with Gasteiger partial charge < -0.3 is 5.11 Å². The number of para-hydroxylation sites is 1. The molecule has 1 heterocycles. The Balaban J connectivity index is 1.47. The summed E-state index contributed by atoms with van der Waals surface area (Å²) in [6, 6.07) is 13.2. The molecule has 7 nitrogen and oxygen atoms in total. The molecule has 0 unspecified atom stereocenters. The lowest BCUT2D eigenvalue weighted by Gasteiger charge is -2.19. The van der Waals surface area contributed by atoms with Gasteiger partial charge in [0.1, 0.15) is 5.75 Å². The fourth-order valence-electron chi connectivity index (χ4n) is 4.19. The van der Waals surface area contributed by atoms with Gasteiger partial charge in [-0.3, -0.25) is 19.3 Å². The zero-order chi connectivity index (χ0) is 21.3. The van der Waals surface area contributed by atoms with Crippen molar-refractivity contribution in [3.63, 3.8) is 0 Å². The summed E-state index contributed by atoms with van der Waals surface area (Å²) in [5.41, 5.74) is 4.42. The van der Waals surface area contributed by atoms with Crippen molar-refractivity contribution in [3.05, 3.63) is 59.7 Å². The molecule has 0 radical (unpaired) electrons. The number of hydrogen-bond acceptors (Lipinski definition) is 5. The van der Waals surface area contributed by atoms with Crippen LogP contribution < -0.4 is 10.3 Å². The van der Waals surface area contributed by atoms with E-state index < -0.39 is 5.91 Å². The molecule has 1 saturated heterocycles. The SMILES string of the molecule is C/C(=N/NC(=O)c1ccccc1O)c1ccc(N2C(=O)[C@H]3CCCC[C@H]3C2=O)cc1. The Morgan fingerprint density at radius 1 is 1.00 bits per heavy atom. The van der Waals surface area contributed by atoms with Gasteiger partial charge in [-0.15, -0.1) is 0 Å². The number of carbonyl (C=O) groups is 3. The molecule has 1 aliphatic carbocycles. The van der Waals surface area contributed by atoms with E-state index in [4.69, 9.17) is 0 Å². The maximum absolute atomic E-state index is 12.7. The first kappa shape index (κ1) is 19.8. The van der Waals surface area contributed by atoms with Crippen molar-refractivity contribution in [2.75, 3.05) is 4.90 Å². The molecule has 0 bridgehead atoms. The van der Waals surface area contributed by atoms with E-state index >= 15 is 0 Å². The minimum atomic E-state index is -0.514. The van der Waals surface area contributed by atoms with Crippen LogP contribution in [0.25, 0.3) is 0 Å². The number of hydrazone groups is 1. The Labute approximate surface area is 174 Å². The molecule has 154 valence electrons. The molecule has 2 N–H and O–H groups in total. The molecule has 2 aromatic rings. The normalized spacial score (nSPS) is 21.5. The van der Waals surface area contributed by atoms with Gasteiger partial charge in [0.2, 0.25) is 11.8 Å². The molecule has 0 spiro atoms. The number of nitrogens with zero attached hydrogens (tertiary/aromatic N) is 2. The third-order valence-corrected chi connectivity index (χ3v) is 5.86. The van der Waals surface area contributed by atoms with Crippen LogP contribution in [0.4, 0.5) is 5.69 Å². The second kappa shape index (κ2) is 8.10. The standard InChI is InChI=1S/C23H23N3O4/c1-14(24-25-21(28)19-8-4-5-9-20(19)27)15-10-12-16(13-11-15)26-22(29)17-6-2-3-7-18(17)23(26)30/h4-5,8-13,17-18,27H,2-3,6-7H2,1H3,(H,25,28)/b24-14-/t17-,18+. The van der Waals surface area contributed by atoms with Gasteiger partial charge >= 0.3 is 0 Å². The minimum absolute atomic E-state index is 0.0993. The summed E-state index contributed by atoms with van der Waals surface area (Å²) in [5, 5.41) is 13.8. The lowest BCUT2D eigenvalue weighted by Crippen LogP contribution is -2.30. The lowest BCUT2D eigenvalue weighted by atomic mass is 9.81. The third-order valence-electron chi connectivity index (χ3n) is 5.86. The Morgan fingerprint density at radius 3 is 2.20 bits per heavy atom. The maximum Gasteiger partial charge on any atom is 0.275 e. The van der Waals surface area contributed by atoms with Crippen LogP contribution in [0.15, 0.2) is 53.6 Å². The van der Waals surface area contributed by atoms with Crippen LogP contribution in [0, 0.1) is 11.8 Å². The monoisotopic (exact) mass is 405 g/mol. The predicted molar refractivity (Wildman–Crippen MR) is 112 cm³/mol. The Bertz CT molecular complexity index is 1000. The van der Waals surface area contributed by atoms with Crippen LogP contribution in [-0.2, 0) is 9.59 Å². The highest BCUT2D eigenvalue weighted by atomic mass is 16.3. The number of phenols is 1. The highest BCUT2D eigenvalue weighted by Gasteiger charge is 2.48. The van der Waals surface area contributed by atoms with Crippen molar-refractivity contribution in [1.82, 2.24) is 5.43 Å². The topological polar surface area (TPSA) is 99.1 Å². The number of fused-ring (bicyclic) bond motifs is 1. The maximum atomic E-state index is 12.7. The van der Waals surface area contributed by atoms with E-state index in [2.05, 4.69) is 10.5 Å². The van der Waals surface area contributed by atoms with Crippen LogP contribution >= 0.6 is 0 Å². The number of aromatic hydroxyl groups is 1.